The number of hydrogen-bond donors (Lipinski definition) is 2. The highest BCUT2D eigenvalue weighted by Crippen LogP contribution is 2.25. The summed E-state index contributed by atoms with van der Waals surface area (Å²) >= 11 is 0. The number of sulfonamides is 1. The predicted molar refractivity (Wildman–Crippen MR) is 109 cm³/mol. The van der Waals surface area contributed by atoms with E-state index in [1.807, 2.05) is 30.3 Å². The first kappa shape index (κ1) is 20.9. The van der Waals surface area contributed by atoms with Gasteiger partial charge in [-0.15, -0.1) is 13.2 Å². The van der Waals surface area contributed by atoms with Crippen molar-refractivity contribution in [3.05, 3.63) is 78.4 Å². The minimum absolute atomic E-state index is 0.00552. The van der Waals surface area contributed by atoms with Crippen LogP contribution in [0.3, 0.4) is 0 Å². The van der Waals surface area contributed by atoms with E-state index in [4.69, 9.17) is 0 Å². The Morgan fingerprint density at radius 2 is 1.74 bits per heavy atom. The van der Waals surface area contributed by atoms with Crippen molar-refractivity contribution in [2.75, 3.05) is 0 Å². The van der Waals surface area contributed by atoms with Gasteiger partial charge >= 0.3 is 6.36 Å². The topological polar surface area (TPSA) is 84.1 Å². The second-order valence-corrected chi connectivity index (χ2v) is 8.42. The van der Waals surface area contributed by atoms with Gasteiger partial charge in [0.15, 0.2) is 0 Å². The summed E-state index contributed by atoms with van der Waals surface area (Å²) < 4.78 is 68.7. The monoisotopic (exact) mass is 447 g/mol. The van der Waals surface area contributed by atoms with Gasteiger partial charge in [-0.2, -0.15) is 0 Å². The summed E-state index contributed by atoms with van der Waals surface area (Å²) in [6.45, 7) is -0.201. The number of rotatable bonds is 6. The normalized spacial score (nSPS) is 12.2. The maximum Gasteiger partial charge on any atom is 0.573 e. The molecule has 1 aromatic heterocycles. The quantitative estimate of drug-likeness (QED) is 0.452. The van der Waals surface area contributed by atoms with E-state index in [1.165, 1.54) is 24.3 Å². The summed E-state index contributed by atoms with van der Waals surface area (Å²) in [5, 5.41) is 0. The summed E-state index contributed by atoms with van der Waals surface area (Å²) in [6.07, 6.45) is -4.82. The van der Waals surface area contributed by atoms with Crippen molar-refractivity contribution in [2.45, 2.75) is 17.8 Å². The van der Waals surface area contributed by atoms with Crippen LogP contribution in [-0.2, 0) is 16.6 Å². The third-order valence-corrected chi connectivity index (χ3v) is 5.81. The van der Waals surface area contributed by atoms with Crippen molar-refractivity contribution in [3.8, 4) is 17.1 Å². The van der Waals surface area contributed by atoms with Crippen LogP contribution < -0.4 is 9.46 Å². The van der Waals surface area contributed by atoms with Gasteiger partial charge in [0, 0.05) is 12.1 Å². The van der Waals surface area contributed by atoms with E-state index in [0.717, 1.165) is 17.7 Å². The van der Waals surface area contributed by atoms with Gasteiger partial charge in [-0.05, 0) is 35.9 Å². The molecule has 0 aliphatic carbocycles. The van der Waals surface area contributed by atoms with Crippen LogP contribution in [-0.4, -0.2) is 24.7 Å². The number of ether oxygens (including phenoxy) is 1. The molecule has 3 aromatic carbocycles. The van der Waals surface area contributed by atoms with Gasteiger partial charge in [0.2, 0.25) is 10.0 Å². The maximum atomic E-state index is 12.7. The molecular weight excluding hydrogens is 431 g/mol. The SMILES string of the molecule is O=S(=O)(NCc1cccc(OC(F)(F)F)c1)c1ccc2nc(-c3ccccc3)[nH]c2c1. The smallest absolute Gasteiger partial charge is 0.406 e. The third-order valence-electron chi connectivity index (χ3n) is 4.41. The van der Waals surface area contributed by atoms with Gasteiger partial charge in [-0.3, -0.25) is 0 Å². The molecular formula is C21H16F3N3O3S. The lowest BCUT2D eigenvalue weighted by Gasteiger charge is -2.11. The number of halogens is 3. The van der Waals surface area contributed by atoms with Crippen LogP contribution in [0.15, 0.2) is 77.7 Å². The molecule has 4 aromatic rings. The Morgan fingerprint density at radius 1 is 0.968 bits per heavy atom. The van der Waals surface area contributed by atoms with Crippen LogP contribution in [0.5, 0.6) is 5.75 Å². The number of H-pyrrole nitrogens is 1. The average Bonchev–Trinajstić information content (AvgIpc) is 3.16. The number of imidazole rings is 1. The average molecular weight is 447 g/mol. The maximum absolute atomic E-state index is 12.7. The Morgan fingerprint density at radius 3 is 2.48 bits per heavy atom. The number of nitrogens with zero attached hydrogens (tertiary/aromatic N) is 1. The van der Waals surface area contributed by atoms with Gasteiger partial charge in [-0.25, -0.2) is 18.1 Å². The Balaban J connectivity index is 1.53. The Labute approximate surface area is 175 Å². The van der Waals surface area contributed by atoms with E-state index in [9.17, 15) is 21.6 Å². The molecule has 2 N–H and O–H groups in total. The largest absolute Gasteiger partial charge is 0.573 e. The molecule has 0 saturated carbocycles. The lowest BCUT2D eigenvalue weighted by atomic mass is 10.2. The summed E-state index contributed by atoms with van der Waals surface area (Å²) in [5.74, 6) is 0.191. The second-order valence-electron chi connectivity index (χ2n) is 6.65. The minimum Gasteiger partial charge on any atom is -0.406 e. The van der Waals surface area contributed by atoms with E-state index >= 15 is 0 Å². The molecule has 31 heavy (non-hydrogen) atoms. The first-order valence-electron chi connectivity index (χ1n) is 9.09. The van der Waals surface area contributed by atoms with Gasteiger partial charge in [0.1, 0.15) is 11.6 Å². The number of aromatic nitrogens is 2. The molecule has 6 nitrogen and oxygen atoms in total. The van der Waals surface area contributed by atoms with Crippen molar-refractivity contribution < 1.29 is 26.3 Å². The minimum atomic E-state index is -4.82. The van der Waals surface area contributed by atoms with Crippen LogP contribution in [0.1, 0.15) is 5.56 Å². The fourth-order valence-electron chi connectivity index (χ4n) is 3.00. The summed E-state index contributed by atoms with van der Waals surface area (Å²) in [6, 6.07) is 19.0. The van der Waals surface area contributed by atoms with Crippen molar-refractivity contribution in [3.63, 3.8) is 0 Å². The number of alkyl halides is 3. The number of benzene rings is 3. The number of aromatic amines is 1. The fourth-order valence-corrected chi connectivity index (χ4v) is 4.05. The lowest BCUT2D eigenvalue weighted by Crippen LogP contribution is -2.23. The number of nitrogens with one attached hydrogen (secondary N) is 2. The van der Waals surface area contributed by atoms with E-state index in [2.05, 4.69) is 19.4 Å². The fraction of sp³-hybridized carbons (Fsp3) is 0.0952. The summed E-state index contributed by atoms with van der Waals surface area (Å²) in [5.41, 5.74) is 2.33. The van der Waals surface area contributed by atoms with Crippen LogP contribution >= 0.6 is 0 Å². The van der Waals surface area contributed by atoms with Crippen molar-refractivity contribution in [2.24, 2.45) is 0 Å². The van der Waals surface area contributed by atoms with Gasteiger partial charge in [-0.1, -0.05) is 42.5 Å². The molecule has 4 rings (SSSR count). The highest BCUT2D eigenvalue weighted by Gasteiger charge is 2.31. The molecule has 0 unspecified atom stereocenters. The van der Waals surface area contributed by atoms with Crippen molar-refractivity contribution in [1.29, 1.82) is 0 Å². The molecule has 0 aliphatic rings. The molecule has 10 heteroatoms. The molecule has 0 fully saturated rings. The van der Waals surface area contributed by atoms with Crippen LogP contribution in [0.2, 0.25) is 0 Å². The molecule has 0 spiro atoms. The zero-order valence-corrected chi connectivity index (χ0v) is 16.7. The lowest BCUT2D eigenvalue weighted by molar-refractivity contribution is -0.274. The Hall–Kier alpha value is -3.37. The molecule has 0 aliphatic heterocycles. The van der Waals surface area contributed by atoms with E-state index in [1.54, 1.807) is 6.07 Å². The van der Waals surface area contributed by atoms with Crippen molar-refractivity contribution >= 4 is 21.1 Å². The van der Waals surface area contributed by atoms with Crippen LogP contribution in [0.25, 0.3) is 22.4 Å². The Kier molecular flexibility index (Phi) is 5.42. The number of fused-ring (bicyclic) bond motifs is 1. The first-order chi connectivity index (χ1) is 14.7. The highest BCUT2D eigenvalue weighted by molar-refractivity contribution is 7.89. The first-order valence-corrected chi connectivity index (χ1v) is 10.6. The molecule has 1 heterocycles. The van der Waals surface area contributed by atoms with Gasteiger partial charge < -0.3 is 9.72 Å². The molecule has 0 bridgehead atoms. The highest BCUT2D eigenvalue weighted by atomic mass is 32.2. The van der Waals surface area contributed by atoms with Crippen molar-refractivity contribution in [1.82, 2.24) is 14.7 Å². The second kappa shape index (κ2) is 8.05. The molecule has 0 saturated heterocycles. The van der Waals surface area contributed by atoms with Gasteiger partial charge in [0.05, 0.1) is 15.9 Å². The molecule has 0 amide bonds. The number of hydrogen-bond acceptors (Lipinski definition) is 4. The molecule has 0 atom stereocenters. The van der Waals surface area contributed by atoms with Crippen LogP contribution in [0.4, 0.5) is 13.2 Å². The summed E-state index contributed by atoms with van der Waals surface area (Å²) in [4.78, 5) is 7.57. The van der Waals surface area contributed by atoms with E-state index < -0.39 is 22.1 Å². The summed E-state index contributed by atoms with van der Waals surface area (Å²) in [7, 11) is -3.91. The zero-order valence-electron chi connectivity index (χ0n) is 15.8. The van der Waals surface area contributed by atoms with Gasteiger partial charge in [0.25, 0.3) is 0 Å². The zero-order chi connectivity index (χ0) is 22.1. The third kappa shape index (κ3) is 5.04. The molecule has 0 radical (unpaired) electrons. The predicted octanol–water partition coefficient (Wildman–Crippen LogP) is 4.61. The Bertz CT molecular complexity index is 1320. The van der Waals surface area contributed by atoms with Crippen LogP contribution in [0, 0.1) is 0 Å². The molecule has 160 valence electrons. The van der Waals surface area contributed by atoms with E-state index in [0.29, 0.717) is 22.4 Å². The standard InChI is InChI=1S/C21H16F3N3O3S/c22-21(23,24)30-16-8-4-5-14(11-16)13-25-31(28,29)17-9-10-18-19(12-17)27-20(26-18)15-6-2-1-3-7-15/h1-12,25H,13H2,(H,26,27). The van der Waals surface area contributed by atoms with E-state index in [-0.39, 0.29) is 11.4 Å².